The van der Waals surface area contributed by atoms with Crippen LogP contribution in [-0.2, 0) is 6.54 Å². The van der Waals surface area contributed by atoms with E-state index in [1.165, 1.54) is 0 Å². The Hall–Kier alpha value is -3.26. The number of rotatable bonds is 5. The molecule has 3 N–H and O–H groups in total. The molecule has 2 heterocycles. The molecule has 0 atom stereocenters. The molecule has 8 heteroatoms. The number of nitrogens with two attached hydrogens (primary N) is 1. The van der Waals surface area contributed by atoms with Gasteiger partial charge in [-0.2, -0.15) is 0 Å². The molecule has 0 aliphatic heterocycles. The predicted molar refractivity (Wildman–Crippen MR) is 85.6 cm³/mol. The lowest BCUT2D eigenvalue weighted by molar-refractivity contribution is 0.102. The summed E-state index contributed by atoms with van der Waals surface area (Å²) >= 11 is 0. The van der Waals surface area contributed by atoms with Gasteiger partial charge in [-0.05, 0) is 36.8 Å². The fourth-order valence-corrected chi connectivity index (χ4v) is 2.10. The van der Waals surface area contributed by atoms with Gasteiger partial charge < -0.3 is 14.9 Å². The Bertz CT molecular complexity index is 849. The molecule has 0 saturated carbocycles. The quantitative estimate of drug-likeness (QED) is 0.739. The van der Waals surface area contributed by atoms with Crippen LogP contribution in [0.3, 0.4) is 0 Å². The molecular weight excluding hydrogens is 310 g/mol. The van der Waals surface area contributed by atoms with Crippen LogP contribution in [0.25, 0.3) is 0 Å². The van der Waals surface area contributed by atoms with Gasteiger partial charge in [0.15, 0.2) is 0 Å². The highest BCUT2D eigenvalue weighted by Crippen LogP contribution is 2.22. The molecule has 3 rings (SSSR count). The molecule has 2 aromatic heterocycles. The smallest absolute Gasteiger partial charge is 0.322 e. The summed E-state index contributed by atoms with van der Waals surface area (Å²) in [5.74, 6) is 0.517. The minimum Gasteiger partial charge on any atom is -0.439 e. The number of hydrogen-bond acceptors (Lipinski definition) is 7. The van der Waals surface area contributed by atoms with E-state index in [1.54, 1.807) is 30.3 Å². The van der Waals surface area contributed by atoms with Gasteiger partial charge in [-0.15, -0.1) is 5.10 Å². The minimum atomic E-state index is -0.385. The van der Waals surface area contributed by atoms with Gasteiger partial charge in [0.25, 0.3) is 5.91 Å². The highest BCUT2D eigenvalue weighted by atomic mass is 16.5. The number of ether oxygens (including phenoxy) is 1. The fraction of sp³-hybridized carbons (Fsp3) is 0.125. The highest BCUT2D eigenvalue weighted by molar-refractivity contribution is 6.03. The summed E-state index contributed by atoms with van der Waals surface area (Å²) in [6.45, 7) is 2.26. The first-order chi connectivity index (χ1) is 11.6. The first-order valence-electron chi connectivity index (χ1n) is 7.17. The van der Waals surface area contributed by atoms with Crippen LogP contribution in [0, 0.1) is 6.92 Å². The van der Waals surface area contributed by atoms with Gasteiger partial charge in [0, 0.05) is 23.9 Å². The number of nitrogens with one attached hydrogen (secondary N) is 1. The summed E-state index contributed by atoms with van der Waals surface area (Å²) in [5, 5.41) is 9.58. The van der Waals surface area contributed by atoms with E-state index < -0.39 is 0 Å². The average Bonchev–Trinajstić information content (AvgIpc) is 3.07. The zero-order chi connectivity index (χ0) is 16.9. The van der Waals surface area contributed by atoms with Crippen LogP contribution in [0.2, 0.25) is 0 Å². The SMILES string of the molecule is Cc1cc(CN)cc(Oc2cccc(C(=O)Nc3nnco3)c2)n1. The number of amides is 1. The van der Waals surface area contributed by atoms with Crippen molar-refractivity contribution in [2.75, 3.05) is 5.32 Å². The molecular formula is C16H15N5O3. The second-order valence-electron chi connectivity index (χ2n) is 4.99. The second-order valence-corrected chi connectivity index (χ2v) is 4.99. The molecule has 0 unspecified atom stereocenters. The van der Waals surface area contributed by atoms with Crippen molar-refractivity contribution >= 4 is 11.9 Å². The third-order valence-electron chi connectivity index (χ3n) is 3.12. The number of aryl methyl sites for hydroxylation is 1. The monoisotopic (exact) mass is 325 g/mol. The van der Waals surface area contributed by atoms with Crippen LogP contribution in [0.15, 0.2) is 47.2 Å². The summed E-state index contributed by atoms with van der Waals surface area (Å²) in [7, 11) is 0. The summed E-state index contributed by atoms with van der Waals surface area (Å²) < 4.78 is 10.6. The van der Waals surface area contributed by atoms with Gasteiger partial charge >= 0.3 is 6.01 Å². The lowest BCUT2D eigenvalue weighted by Gasteiger charge is -2.08. The first-order valence-corrected chi connectivity index (χ1v) is 7.17. The summed E-state index contributed by atoms with van der Waals surface area (Å²) in [4.78, 5) is 16.4. The largest absolute Gasteiger partial charge is 0.439 e. The zero-order valence-electron chi connectivity index (χ0n) is 12.9. The summed E-state index contributed by atoms with van der Waals surface area (Å²) in [6.07, 6.45) is 1.13. The summed E-state index contributed by atoms with van der Waals surface area (Å²) in [5.41, 5.74) is 7.76. The molecule has 0 radical (unpaired) electrons. The molecule has 0 bridgehead atoms. The lowest BCUT2D eigenvalue weighted by atomic mass is 10.2. The molecule has 0 saturated heterocycles. The van der Waals surface area contributed by atoms with E-state index in [-0.39, 0.29) is 11.9 Å². The van der Waals surface area contributed by atoms with Gasteiger partial charge in [0.05, 0.1) is 0 Å². The maximum Gasteiger partial charge on any atom is 0.322 e. The van der Waals surface area contributed by atoms with Gasteiger partial charge in [-0.1, -0.05) is 11.2 Å². The third-order valence-corrected chi connectivity index (χ3v) is 3.12. The van der Waals surface area contributed by atoms with Crippen molar-refractivity contribution in [3.05, 3.63) is 59.6 Å². The van der Waals surface area contributed by atoms with Crippen molar-refractivity contribution in [3.63, 3.8) is 0 Å². The molecule has 1 aromatic carbocycles. The van der Waals surface area contributed by atoms with Gasteiger partial charge in [0.2, 0.25) is 12.3 Å². The number of nitrogens with zero attached hydrogens (tertiary/aromatic N) is 3. The van der Waals surface area contributed by atoms with Crippen LogP contribution in [0.1, 0.15) is 21.6 Å². The molecule has 3 aromatic rings. The van der Waals surface area contributed by atoms with E-state index in [0.29, 0.717) is 23.7 Å². The van der Waals surface area contributed by atoms with E-state index in [4.69, 9.17) is 14.9 Å². The Balaban J connectivity index is 1.78. The van der Waals surface area contributed by atoms with Crippen molar-refractivity contribution < 1.29 is 13.9 Å². The number of aromatic nitrogens is 3. The van der Waals surface area contributed by atoms with Gasteiger partial charge in [0.1, 0.15) is 5.75 Å². The Morgan fingerprint density at radius 1 is 1.33 bits per heavy atom. The van der Waals surface area contributed by atoms with Crippen LogP contribution in [0.4, 0.5) is 6.01 Å². The van der Waals surface area contributed by atoms with Crippen LogP contribution < -0.4 is 15.8 Å². The minimum absolute atomic E-state index is 0.0271. The van der Waals surface area contributed by atoms with Gasteiger partial charge in [-0.25, -0.2) is 4.98 Å². The predicted octanol–water partition coefficient (Wildman–Crippen LogP) is 2.28. The van der Waals surface area contributed by atoms with Crippen molar-refractivity contribution in [2.24, 2.45) is 5.73 Å². The number of hydrogen-bond donors (Lipinski definition) is 2. The second kappa shape index (κ2) is 6.88. The molecule has 0 aliphatic carbocycles. The average molecular weight is 325 g/mol. The molecule has 0 fully saturated rings. The number of benzene rings is 1. The topological polar surface area (TPSA) is 116 Å². The fourth-order valence-electron chi connectivity index (χ4n) is 2.10. The maximum absolute atomic E-state index is 12.1. The number of carbonyl (C=O) groups excluding carboxylic acids is 1. The Morgan fingerprint density at radius 2 is 2.21 bits per heavy atom. The van der Waals surface area contributed by atoms with E-state index in [1.807, 2.05) is 13.0 Å². The Kier molecular flexibility index (Phi) is 4.48. The van der Waals surface area contributed by atoms with E-state index in [2.05, 4.69) is 20.5 Å². The van der Waals surface area contributed by atoms with E-state index in [9.17, 15) is 4.79 Å². The molecule has 0 aliphatic rings. The maximum atomic E-state index is 12.1. The van der Waals surface area contributed by atoms with Crippen LogP contribution in [0.5, 0.6) is 11.6 Å². The van der Waals surface area contributed by atoms with E-state index in [0.717, 1.165) is 17.7 Å². The Morgan fingerprint density at radius 3 is 2.96 bits per heavy atom. The van der Waals surface area contributed by atoms with Crippen molar-refractivity contribution in [1.82, 2.24) is 15.2 Å². The Labute approximate surface area is 137 Å². The van der Waals surface area contributed by atoms with Crippen molar-refractivity contribution in [3.8, 4) is 11.6 Å². The van der Waals surface area contributed by atoms with Crippen molar-refractivity contribution in [1.29, 1.82) is 0 Å². The molecule has 8 nitrogen and oxygen atoms in total. The first kappa shape index (κ1) is 15.6. The van der Waals surface area contributed by atoms with Crippen molar-refractivity contribution in [2.45, 2.75) is 13.5 Å². The van der Waals surface area contributed by atoms with Crippen LogP contribution in [-0.4, -0.2) is 21.1 Å². The number of carbonyl (C=O) groups is 1. The molecule has 1 amide bonds. The van der Waals surface area contributed by atoms with Gasteiger partial charge in [-0.3, -0.25) is 10.1 Å². The summed E-state index contributed by atoms with van der Waals surface area (Å²) in [6, 6.07) is 10.4. The number of anilines is 1. The normalized spacial score (nSPS) is 10.4. The third kappa shape index (κ3) is 3.73. The lowest BCUT2D eigenvalue weighted by Crippen LogP contribution is -2.12. The van der Waals surface area contributed by atoms with Crippen LogP contribution >= 0.6 is 0 Å². The van der Waals surface area contributed by atoms with E-state index >= 15 is 0 Å². The standard InChI is InChI=1S/C16H15N5O3/c1-10-5-11(8-17)6-14(19-10)24-13-4-2-3-12(7-13)15(22)20-16-21-18-9-23-16/h2-7,9H,8,17H2,1H3,(H,20,21,22). The molecule has 24 heavy (non-hydrogen) atoms. The highest BCUT2D eigenvalue weighted by Gasteiger charge is 2.11. The molecule has 0 spiro atoms. The number of pyridine rings is 1. The zero-order valence-corrected chi connectivity index (χ0v) is 12.9. The molecule has 122 valence electrons.